The van der Waals surface area contributed by atoms with Crippen LogP contribution in [0.15, 0.2) is 22.7 Å². The lowest BCUT2D eigenvalue weighted by molar-refractivity contribution is -0.384. The summed E-state index contributed by atoms with van der Waals surface area (Å²) in [5.41, 5.74) is 0.143. The molecule has 1 amide bonds. The minimum absolute atomic E-state index is 0.129. The summed E-state index contributed by atoms with van der Waals surface area (Å²) in [5, 5.41) is 21.2. The molecule has 7 heteroatoms. The van der Waals surface area contributed by atoms with Gasteiger partial charge in [0, 0.05) is 16.6 Å². The monoisotopic (exact) mass is 283 g/mol. The first kappa shape index (κ1) is 12.1. The Labute approximate surface area is 99.2 Å². The molecular weight excluding hydrogens is 278 g/mol. The Hall–Kier alpha value is -1.94. The zero-order valence-electron chi connectivity index (χ0n) is 7.94. The van der Waals surface area contributed by atoms with Gasteiger partial charge in [0.05, 0.1) is 16.7 Å². The second kappa shape index (κ2) is 5.23. The van der Waals surface area contributed by atoms with Gasteiger partial charge in [-0.1, -0.05) is 0 Å². The Bertz CT molecular complexity index is 481. The SMILES string of the molecule is N#CCC(=O)Nc1cc([N+](=O)[O-])ccc1Br. The molecule has 1 rings (SSSR count). The largest absolute Gasteiger partial charge is 0.324 e. The van der Waals surface area contributed by atoms with Crippen molar-refractivity contribution >= 4 is 33.2 Å². The Kier molecular flexibility index (Phi) is 3.96. The number of amides is 1. The number of anilines is 1. The minimum atomic E-state index is -0.563. The molecule has 1 aromatic rings. The normalized spacial score (nSPS) is 9.25. The number of hydrogen-bond acceptors (Lipinski definition) is 4. The van der Waals surface area contributed by atoms with Crippen molar-refractivity contribution in [2.75, 3.05) is 5.32 Å². The van der Waals surface area contributed by atoms with E-state index >= 15 is 0 Å². The van der Waals surface area contributed by atoms with E-state index in [1.54, 1.807) is 6.07 Å². The van der Waals surface area contributed by atoms with E-state index < -0.39 is 10.8 Å². The van der Waals surface area contributed by atoms with Crippen molar-refractivity contribution in [3.8, 4) is 6.07 Å². The Morgan fingerprint density at radius 2 is 2.31 bits per heavy atom. The molecule has 0 spiro atoms. The van der Waals surface area contributed by atoms with Gasteiger partial charge < -0.3 is 5.32 Å². The summed E-state index contributed by atoms with van der Waals surface area (Å²) in [6.07, 6.45) is -0.296. The number of nitrogens with zero attached hydrogens (tertiary/aromatic N) is 2. The van der Waals surface area contributed by atoms with Gasteiger partial charge in [-0.15, -0.1) is 0 Å². The van der Waals surface area contributed by atoms with E-state index in [0.717, 1.165) is 0 Å². The predicted octanol–water partition coefficient (Wildman–Crippen LogP) is 2.21. The summed E-state index contributed by atoms with van der Waals surface area (Å²) in [5.74, 6) is -0.510. The van der Waals surface area contributed by atoms with Crippen molar-refractivity contribution in [3.63, 3.8) is 0 Å². The quantitative estimate of drug-likeness (QED) is 0.679. The van der Waals surface area contributed by atoms with Crippen molar-refractivity contribution in [3.05, 3.63) is 32.8 Å². The smallest absolute Gasteiger partial charge is 0.271 e. The van der Waals surface area contributed by atoms with E-state index in [4.69, 9.17) is 5.26 Å². The fraction of sp³-hybridized carbons (Fsp3) is 0.111. The number of benzene rings is 1. The number of carbonyl (C=O) groups is 1. The van der Waals surface area contributed by atoms with Gasteiger partial charge in [0.15, 0.2) is 0 Å². The summed E-state index contributed by atoms with van der Waals surface area (Å²) in [4.78, 5) is 21.1. The third-order valence-electron chi connectivity index (χ3n) is 1.67. The second-order valence-electron chi connectivity index (χ2n) is 2.80. The maximum Gasteiger partial charge on any atom is 0.271 e. The number of nitriles is 1. The Balaban J connectivity index is 2.95. The van der Waals surface area contributed by atoms with Gasteiger partial charge in [0.2, 0.25) is 5.91 Å². The highest BCUT2D eigenvalue weighted by Gasteiger charge is 2.11. The fourth-order valence-electron chi connectivity index (χ4n) is 0.989. The molecule has 0 heterocycles. The van der Waals surface area contributed by atoms with Crippen molar-refractivity contribution in [1.82, 2.24) is 0 Å². The van der Waals surface area contributed by atoms with Crippen LogP contribution < -0.4 is 5.32 Å². The van der Waals surface area contributed by atoms with Gasteiger partial charge in [-0.25, -0.2) is 0 Å². The average molecular weight is 284 g/mol. The van der Waals surface area contributed by atoms with Crippen LogP contribution in [0.3, 0.4) is 0 Å². The number of halogens is 1. The number of non-ortho nitro benzene ring substituents is 1. The van der Waals surface area contributed by atoms with Crippen LogP contribution in [0.5, 0.6) is 0 Å². The third kappa shape index (κ3) is 3.03. The Morgan fingerprint density at radius 3 is 2.88 bits per heavy atom. The molecule has 82 valence electrons. The lowest BCUT2D eigenvalue weighted by Gasteiger charge is -2.04. The number of hydrogen-bond donors (Lipinski definition) is 1. The molecule has 0 fully saturated rings. The van der Waals surface area contributed by atoms with E-state index in [2.05, 4.69) is 21.2 Å². The van der Waals surface area contributed by atoms with E-state index in [9.17, 15) is 14.9 Å². The highest BCUT2D eigenvalue weighted by molar-refractivity contribution is 9.10. The second-order valence-corrected chi connectivity index (χ2v) is 3.66. The number of carbonyl (C=O) groups excluding carboxylic acids is 1. The van der Waals surface area contributed by atoms with Gasteiger partial charge >= 0.3 is 0 Å². The van der Waals surface area contributed by atoms with Gasteiger partial charge in [0.25, 0.3) is 5.69 Å². The van der Waals surface area contributed by atoms with Crippen molar-refractivity contribution < 1.29 is 9.72 Å². The van der Waals surface area contributed by atoms with E-state index in [1.807, 2.05) is 0 Å². The Morgan fingerprint density at radius 1 is 1.62 bits per heavy atom. The lowest BCUT2D eigenvalue weighted by Crippen LogP contribution is -2.10. The topological polar surface area (TPSA) is 96.0 Å². The first-order valence-electron chi connectivity index (χ1n) is 4.15. The highest BCUT2D eigenvalue weighted by Crippen LogP contribution is 2.27. The van der Waals surface area contributed by atoms with Crippen molar-refractivity contribution in [2.24, 2.45) is 0 Å². The predicted molar refractivity (Wildman–Crippen MR) is 59.7 cm³/mol. The zero-order chi connectivity index (χ0) is 12.1. The summed E-state index contributed by atoms with van der Waals surface area (Å²) in [6, 6.07) is 5.67. The fourth-order valence-corrected chi connectivity index (χ4v) is 1.33. The van der Waals surface area contributed by atoms with Gasteiger partial charge in [-0.05, 0) is 22.0 Å². The van der Waals surface area contributed by atoms with Crippen LogP contribution in [0.25, 0.3) is 0 Å². The molecule has 16 heavy (non-hydrogen) atoms. The van der Waals surface area contributed by atoms with Crippen LogP contribution in [-0.4, -0.2) is 10.8 Å². The van der Waals surface area contributed by atoms with Crippen LogP contribution in [-0.2, 0) is 4.79 Å². The molecule has 0 saturated heterocycles. The molecule has 1 N–H and O–H groups in total. The zero-order valence-corrected chi connectivity index (χ0v) is 9.52. The summed E-state index contributed by atoms with van der Waals surface area (Å²) in [7, 11) is 0. The molecule has 0 aliphatic heterocycles. The lowest BCUT2D eigenvalue weighted by atomic mass is 10.2. The average Bonchev–Trinajstić information content (AvgIpc) is 2.21. The van der Waals surface area contributed by atoms with Gasteiger partial charge in [-0.2, -0.15) is 5.26 Å². The number of rotatable bonds is 3. The van der Waals surface area contributed by atoms with E-state index in [1.165, 1.54) is 18.2 Å². The first-order valence-corrected chi connectivity index (χ1v) is 4.94. The summed E-state index contributed by atoms with van der Waals surface area (Å²) < 4.78 is 0.518. The molecule has 0 radical (unpaired) electrons. The molecule has 0 bridgehead atoms. The third-order valence-corrected chi connectivity index (χ3v) is 2.37. The van der Waals surface area contributed by atoms with Gasteiger partial charge in [0.1, 0.15) is 6.42 Å². The standard InChI is InChI=1S/C9H6BrN3O3/c10-7-2-1-6(13(15)16)5-8(7)12-9(14)3-4-11/h1-2,5H,3H2,(H,12,14). The molecule has 0 aromatic heterocycles. The number of nitro groups is 1. The number of nitrogens with one attached hydrogen (secondary N) is 1. The molecule has 6 nitrogen and oxygen atoms in total. The molecule has 0 aliphatic rings. The molecule has 1 aromatic carbocycles. The van der Waals surface area contributed by atoms with Gasteiger partial charge in [-0.3, -0.25) is 14.9 Å². The summed E-state index contributed by atoms with van der Waals surface area (Å²) in [6.45, 7) is 0. The minimum Gasteiger partial charge on any atom is -0.324 e. The van der Waals surface area contributed by atoms with E-state index in [0.29, 0.717) is 4.47 Å². The molecular formula is C9H6BrN3O3. The molecule has 0 saturated carbocycles. The molecule has 0 atom stereocenters. The first-order chi connectivity index (χ1) is 7.54. The molecule has 0 aliphatic carbocycles. The van der Waals surface area contributed by atoms with Crippen molar-refractivity contribution in [2.45, 2.75) is 6.42 Å². The maximum absolute atomic E-state index is 11.1. The maximum atomic E-state index is 11.1. The summed E-state index contributed by atoms with van der Waals surface area (Å²) >= 11 is 3.14. The highest BCUT2D eigenvalue weighted by atomic mass is 79.9. The number of nitro benzene ring substituents is 1. The van der Waals surface area contributed by atoms with Crippen molar-refractivity contribution in [1.29, 1.82) is 5.26 Å². The van der Waals surface area contributed by atoms with Crippen LogP contribution in [0.4, 0.5) is 11.4 Å². The molecule has 0 unspecified atom stereocenters. The van der Waals surface area contributed by atoms with Crippen LogP contribution >= 0.6 is 15.9 Å². The van der Waals surface area contributed by atoms with Crippen LogP contribution in [0.2, 0.25) is 0 Å². The van der Waals surface area contributed by atoms with Crippen LogP contribution in [0, 0.1) is 21.4 Å². The van der Waals surface area contributed by atoms with Crippen LogP contribution in [0.1, 0.15) is 6.42 Å². The van der Waals surface area contributed by atoms with E-state index in [-0.39, 0.29) is 17.8 Å².